The van der Waals surface area contributed by atoms with Gasteiger partial charge in [0.25, 0.3) is 0 Å². The SMILES string of the molecule is O=C(CC1CCCC1)c1ccc(I)cc1. The molecule has 2 heteroatoms. The molecular formula is C13H15IO. The molecule has 0 saturated heterocycles. The van der Waals surface area contributed by atoms with Crippen LogP contribution in [0.5, 0.6) is 0 Å². The smallest absolute Gasteiger partial charge is 0.163 e. The summed E-state index contributed by atoms with van der Waals surface area (Å²) in [6, 6.07) is 7.89. The Kier molecular flexibility index (Phi) is 3.78. The minimum atomic E-state index is 0.318. The summed E-state index contributed by atoms with van der Waals surface area (Å²) >= 11 is 2.26. The van der Waals surface area contributed by atoms with Crippen LogP contribution in [0.25, 0.3) is 0 Å². The topological polar surface area (TPSA) is 17.1 Å². The molecule has 2 rings (SSSR count). The number of hydrogen-bond donors (Lipinski definition) is 0. The van der Waals surface area contributed by atoms with Gasteiger partial charge in [-0.1, -0.05) is 37.8 Å². The van der Waals surface area contributed by atoms with Crippen molar-refractivity contribution in [2.75, 3.05) is 0 Å². The zero-order valence-corrected chi connectivity index (χ0v) is 10.9. The van der Waals surface area contributed by atoms with Crippen LogP contribution in [0.15, 0.2) is 24.3 Å². The second-order valence-corrected chi connectivity index (χ2v) is 5.53. The molecule has 0 radical (unpaired) electrons. The zero-order valence-electron chi connectivity index (χ0n) is 8.71. The van der Waals surface area contributed by atoms with E-state index in [9.17, 15) is 4.79 Å². The van der Waals surface area contributed by atoms with Crippen molar-refractivity contribution < 1.29 is 4.79 Å². The summed E-state index contributed by atoms with van der Waals surface area (Å²) < 4.78 is 1.19. The molecule has 1 aromatic rings. The minimum Gasteiger partial charge on any atom is -0.294 e. The molecule has 0 spiro atoms. The molecule has 1 aliphatic carbocycles. The van der Waals surface area contributed by atoms with Gasteiger partial charge < -0.3 is 0 Å². The molecular weight excluding hydrogens is 299 g/mol. The van der Waals surface area contributed by atoms with Gasteiger partial charge in [-0.05, 0) is 40.6 Å². The van der Waals surface area contributed by atoms with Crippen molar-refractivity contribution in [3.8, 4) is 0 Å². The van der Waals surface area contributed by atoms with Crippen molar-refractivity contribution >= 4 is 28.4 Å². The highest BCUT2D eigenvalue weighted by molar-refractivity contribution is 14.1. The average molecular weight is 314 g/mol. The molecule has 80 valence electrons. The predicted molar refractivity (Wildman–Crippen MR) is 70.1 cm³/mol. The van der Waals surface area contributed by atoms with Gasteiger partial charge in [0.2, 0.25) is 0 Å². The monoisotopic (exact) mass is 314 g/mol. The highest BCUT2D eigenvalue weighted by Crippen LogP contribution is 2.28. The molecule has 1 nitrogen and oxygen atoms in total. The first kappa shape index (κ1) is 11.1. The molecule has 0 atom stereocenters. The fraction of sp³-hybridized carbons (Fsp3) is 0.462. The number of benzene rings is 1. The lowest BCUT2D eigenvalue weighted by Gasteiger charge is -2.07. The normalized spacial score (nSPS) is 16.9. The molecule has 1 aliphatic rings. The van der Waals surface area contributed by atoms with Crippen LogP contribution in [0, 0.1) is 9.49 Å². The van der Waals surface area contributed by atoms with E-state index >= 15 is 0 Å². The van der Waals surface area contributed by atoms with Crippen LogP contribution >= 0.6 is 22.6 Å². The van der Waals surface area contributed by atoms with E-state index in [2.05, 4.69) is 22.6 Å². The molecule has 0 amide bonds. The number of carbonyl (C=O) groups excluding carboxylic acids is 1. The van der Waals surface area contributed by atoms with Crippen molar-refractivity contribution in [3.63, 3.8) is 0 Å². The van der Waals surface area contributed by atoms with Gasteiger partial charge in [-0.2, -0.15) is 0 Å². The number of halogens is 1. The van der Waals surface area contributed by atoms with Crippen LogP contribution in [0.1, 0.15) is 42.5 Å². The van der Waals surface area contributed by atoms with E-state index < -0.39 is 0 Å². The maximum Gasteiger partial charge on any atom is 0.163 e. The molecule has 0 N–H and O–H groups in total. The highest BCUT2D eigenvalue weighted by Gasteiger charge is 2.18. The minimum absolute atomic E-state index is 0.318. The van der Waals surface area contributed by atoms with Crippen LogP contribution in [0.3, 0.4) is 0 Å². The summed E-state index contributed by atoms with van der Waals surface area (Å²) in [5.41, 5.74) is 0.877. The quantitative estimate of drug-likeness (QED) is 0.607. The lowest BCUT2D eigenvalue weighted by Crippen LogP contribution is -2.05. The maximum absolute atomic E-state index is 11.9. The van der Waals surface area contributed by atoms with E-state index in [0.29, 0.717) is 11.7 Å². The Morgan fingerprint density at radius 3 is 2.40 bits per heavy atom. The number of hydrogen-bond acceptors (Lipinski definition) is 1. The van der Waals surface area contributed by atoms with Gasteiger partial charge in [0.1, 0.15) is 0 Å². The first-order valence-electron chi connectivity index (χ1n) is 5.54. The van der Waals surface area contributed by atoms with Gasteiger partial charge in [-0.25, -0.2) is 0 Å². The summed E-state index contributed by atoms with van der Waals surface area (Å²) in [4.78, 5) is 11.9. The fourth-order valence-corrected chi connectivity index (χ4v) is 2.59. The van der Waals surface area contributed by atoms with Gasteiger partial charge in [0, 0.05) is 15.6 Å². The highest BCUT2D eigenvalue weighted by atomic mass is 127. The Bertz CT molecular complexity index is 336. The summed E-state index contributed by atoms with van der Waals surface area (Å²) in [5, 5.41) is 0. The van der Waals surface area contributed by atoms with E-state index in [1.165, 1.54) is 29.3 Å². The Hall–Kier alpha value is -0.380. The summed E-state index contributed by atoms with van der Waals surface area (Å²) in [5.74, 6) is 0.968. The zero-order chi connectivity index (χ0) is 10.7. The lowest BCUT2D eigenvalue weighted by atomic mass is 9.97. The molecule has 0 heterocycles. The molecule has 0 unspecified atom stereocenters. The van der Waals surface area contributed by atoms with Crippen molar-refractivity contribution in [2.24, 2.45) is 5.92 Å². The van der Waals surface area contributed by atoms with Gasteiger partial charge in [-0.15, -0.1) is 0 Å². The lowest BCUT2D eigenvalue weighted by molar-refractivity contribution is 0.0962. The fourth-order valence-electron chi connectivity index (χ4n) is 2.23. The molecule has 1 fully saturated rings. The van der Waals surface area contributed by atoms with E-state index in [-0.39, 0.29) is 0 Å². The average Bonchev–Trinajstić information content (AvgIpc) is 2.71. The van der Waals surface area contributed by atoms with Crippen LogP contribution in [0.2, 0.25) is 0 Å². The van der Waals surface area contributed by atoms with Crippen LogP contribution in [-0.2, 0) is 0 Å². The maximum atomic E-state index is 11.9. The van der Waals surface area contributed by atoms with E-state index in [1.54, 1.807) is 0 Å². The van der Waals surface area contributed by atoms with Gasteiger partial charge in [0.05, 0.1) is 0 Å². The second kappa shape index (κ2) is 5.10. The number of rotatable bonds is 3. The standard InChI is InChI=1S/C13H15IO/c14-12-7-5-11(6-8-12)13(15)9-10-3-1-2-4-10/h5-8,10H,1-4,9H2. The van der Waals surface area contributed by atoms with Crippen LogP contribution < -0.4 is 0 Å². The van der Waals surface area contributed by atoms with Gasteiger partial charge in [-0.3, -0.25) is 4.79 Å². The van der Waals surface area contributed by atoms with Crippen LogP contribution in [0.4, 0.5) is 0 Å². The number of Topliss-reactive ketones (excluding diaryl/α,β-unsaturated/α-hetero) is 1. The predicted octanol–water partition coefficient (Wildman–Crippen LogP) is 4.05. The Labute approximate surface area is 104 Å². The summed E-state index contributed by atoms with van der Waals surface area (Å²) in [6.45, 7) is 0. The van der Waals surface area contributed by atoms with E-state index in [0.717, 1.165) is 12.0 Å². The van der Waals surface area contributed by atoms with Crippen molar-refractivity contribution in [1.82, 2.24) is 0 Å². The second-order valence-electron chi connectivity index (χ2n) is 4.28. The first-order valence-corrected chi connectivity index (χ1v) is 6.62. The van der Waals surface area contributed by atoms with E-state index in [1.807, 2.05) is 24.3 Å². The van der Waals surface area contributed by atoms with Crippen LogP contribution in [-0.4, -0.2) is 5.78 Å². The van der Waals surface area contributed by atoms with E-state index in [4.69, 9.17) is 0 Å². The molecule has 0 aliphatic heterocycles. The third kappa shape index (κ3) is 3.03. The third-order valence-corrected chi connectivity index (χ3v) is 3.83. The van der Waals surface area contributed by atoms with Crippen molar-refractivity contribution in [1.29, 1.82) is 0 Å². The summed E-state index contributed by atoms with van der Waals surface area (Å²) in [7, 11) is 0. The largest absolute Gasteiger partial charge is 0.294 e. The van der Waals surface area contributed by atoms with Crippen molar-refractivity contribution in [2.45, 2.75) is 32.1 Å². The molecule has 1 saturated carbocycles. The molecule has 1 aromatic carbocycles. The van der Waals surface area contributed by atoms with Gasteiger partial charge >= 0.3 is 0 Å². The molecule has 15 heavy (non-hydrogen) atoms. The summed E-state index contributed by atoms with van der Waals surface area (Å²) in [6.07, 6.45) is 5.86. The third-order valence-electron chi connectivity index (χ3n) is 3.12. The molecule has 0 bridgehead atoms. The van der Waals surface area contributed by atoms with Crippen molar-refractivity contribution in [3.05, 3.63) is 33.4 Å². The number of carbonyl (C=O) groups is 1. The Balaban J connectivity index is 1.98. The Morgan fingerprint density at radius 1 is 1.20 bits per heavy atom. The molecule has 0 aromatic heterocycles. The first-order chi connectivity index (χ1) is 7.25. The van der Waals surface area contributed by atoms with Gasteiger partial charge in [0.15, 0.2) is 5.78 Å². The number of ketones is 1. The Morgan fingerprint density at radius 2 is 1.80 bits per heavy atom.